The number of nitrogens with zero attached hydrogens (tertiary/aromatic N) is 8. The van der Waals surface area contributed by atoms with E-state index < -0.39 is 11.7 Å². The predicted octanol–water partition coefficient (Wildman–Crippen LogP) is 5.42. The maximum atomic E-state index is 16.0. The second kappa shape index (κ2) is 10.3. The summed E-state index contributed by atoms with van der Waals surface area (Å²) in [6.07, 6.45) is 7.03. The minimum atomic E-state index is -3.14. The number of aromatic nitrogens is 6. The van der Waals surface area contributed by atoms with E-state index in [0.717, 1.165) is 25.5 Å². The zero-order chi connectivity index (χ0) is 30.9. The Labute approximate surface area is 252 Å². The number of carbonyl (C=O) groups is 1. The summed E-state index contributed by atoms with van der Waals surface area (Å²) in [6, 6.07) is 3.28. The summed E-state index contributed by atoms with van der Waals surface area (Å²) >= 11 is 0. The lowest BCUT2D eigenvalue weighted by Crippen LogP contribution is -2.44. The largest absolute Gasteiger partial charge is 0.480 e. The number of ether oxygens (including phenoxy) is 1. The second-order valence-corrected chi connectivity index (χ2v) is 11.9. The van der Waals surface area contributed by atoms with Gasteiger partial charge in [0.05, 0.1) is 31.1 Å². The monoisotopic (exact) mass is 604 g/mol. The van der Waals surface area contributed by atoms with E-state index in [1.807, 2.05) is 13.0 Å². The Morgan fingerprint density at radius 1 is 1.09 bits per heavy atom. The highest BCUT2D eigenvalue weighted by Gasteiger charge is 2.35. The minimum Gasteiger partial charge on any atom is -0.480 e. The van der Waals surface area contributed by atoms with E-state index in [1.165, 1.54) is 30.6 Å². The lowest BCUT2D eigenvalue weighted by molar-refractivity contribution is -0.117. The SMILES string of the molecule is COc1ncnc(C2CC2)c1-c1ncc2c(n1)N(Cc1cc(F)c3c(c1)C(C)CCn1cc(C(C)(F)F)nc1-3)CC(=O)N2C. The number of fused-ring (bicyclic) bond motifs is 4. The summed E-state index contributed by atoms with van der Waals surface area (Å²) in [5, 5.41) is 0. The summed E-state index contributed by atoms with van der Waals surface area (Å²) < 4.78 is 51.4. The van der Waals surface area contributed by atoms with Crippen molar-refractivity contribution in [1.82, 2.24) is 29.5 Å². The van der Waals surface area contributed by atoms with Crippen LogP contribution >= 0.6 is 0 Å². The molecule has 2 aliphatic heterocycles. The van der Waals surface area contributed by atoms with Crippen LogP contribution in [0.5, 0.6) is 5.88 Å². The first-order chi connectivity index (χ1) is 21.0. The number of aryl methyl sites for hydroxylation is 1. The van der Waals surface area contributed by atoms with Gasteiger partial charge in [-0.25, -0.2) is 29.3 Å². The number of alkyl halides is 2. The average Bonchev–Trinajstić information content (AvgIpc) is 3.77. The zero-order valence-corrected chi connectivity index (χ0v) is 24.8. The molecule has 1 aliphatic carbocycles. The van der Waals surface area contributed by atoms with Gasteiger partial charge in [0, 0.05) is 39.2 Å². The quantitative estimate of drug-likeness (QED) is 0.288. The molecular formula is C31H31F3N8O2. The van der Waals surface area contributed by atoms with Crippen molar-refractivity contribution in [2.45, 2.75) is 64.0 Å². The van der Waals surface area contributed by atoms with E-state index in [0.29, 0.717) is 52.9 Å². The highest BCUT2D eigenvalue weighted by molar-refractivity contribution is 6.02. The van der Waals surface area contributed by atoms with E-state index in [9.17, 15) is 13.6 Å². The van der Waals surface area contributed by atoms with Crippen LogP contribution in [0.25, 0.3) is 22.8 Å². The smallest absolute Gasteiger partial charge is 0.288 e. The number of methoxy groups -OCH3 is 1. The van der Waals surface area contributed by atoms with Gasteiger partial charge in [-0.15, -0.1) is 0 Å². The number of anilines is 2. The first kappa shape index (κ1) is 28.2. The molecule has 1 atom stereocenters. The Morgan fingerprint density at radius 3 is 2.61 bits per heavy atom. The number of likely N-dealkylation sites (N-methyl/N-ethyl adjacent to an activating group) is 1. The Kier molecular flexibility index (Phi) is 6.59. The molecule has 1 amide bonds. The molecule has 0 spiro atoms. The Bertz CT molecular complexity index is 1800. The van der Waals surface area contributed by atoms with E-state index >= 15 is 4.39 Å². The fraction of sp³-hybridized carbons (Fsp3) is 0.419. The number of rotatable bonds is 6. The van der Waals surface area contributed by atoms with Crippen LogP contribution in [0.3, 0.4) is 0 Å². The lowest BCUT2D eigenvalue weighted by Gasteiger charge is -2.34. The van der Waals surface area contributed by atoms with Gasteiger partial charge in [0.2, 0.25) is 11.8 Å². The van der Waals surface area contributed by atoms with Gasteiger partial charge in [-0.1, -0.05) is 13.0 Å². The van der Waals surface area contributed by atoms with Crippen LogP contribution in [-0.2, 0) is 23.8 Å². The zero-order valence-electron chi connectivity index (χ0n) is 24.8. The summed E-state index contributed by atoms with van der Waals surface area (Å²) in [5.41, 5.74) is 3.14. The molecule has 3 aromatic heterocycles. The fourth-order valence-corrected chi connectivity index (χ4v) is 6.09. The third-order valence-electron chi connectivity index (χ3n) is 8.67. The molecule has 3 aliphatic rings. The van der Waals surface area contributed by atoms with Crippen LogP contribution in [0.2, 0.25) is 0 Å². The van der Waals surface area contributed by atoms with E-state index in [-0.39, 0.29) is 47.9 Å². The summed E-state index contributed by atoms with van der Waals surface area (Å²) in [4.78, 5) is 38.8. The van der Waals surface area contributed by atoms with Crippen molar-refractivity contribution < 1.29 is 22.7 Å². The molecule has 1 saturated carbocycles. The van der Waals surface area contributed by atoms with Crippen molar-refractivity contribution >= 4 is 17.4 Å². The van der Waals surface area contributed by atoms with Gasteiger partial charge in [-0.05, 0) is 42.4 Å². The highest BCUT2D eigenvalue weighted by Crippen LogP contribution is 2.46. The Hall–Kier alpha value is -4.55. The number of amides is 1. The molecule has 13 heteroatoms. The molecule has 1 fully saturated rings. The maximum Gasteiger partial charge on any atom is 0.288 e. The average molecular weight is 605 g/mol. The number of hydrogen-bond donors (Lipinski definition) is 0. The minimum absolute atomic E-state index is 0.0193. The van der Waals surface area contributed by atoms with Crippen LogP contribution in [0.15, 0.2) is 30.9 Å². The summed E-state index contributed by atoms with van der Waals surface area (Å²) in [6.45, 7) is 3.43. The van der Waals surface area contributed by atoms with Crippen molar-refractivity contribution in [2.24, 2.45) is 0 Å². The summed E-state index contributed by atoms with van der Waals surface area (Å²) in [5.74, 6) is -2.15. The molecule has 5 heterocycles. The van der Waals surface area contributed by atoms with Gasteiger partial charge in [-0.3, -0.25) is 4.79 Å². The topological polar surface area (TPSA) is 102 Å². The number of carbonyl (C=O) groups excluding carboxylic acids is 1. The van der Waals surface area contributed by atoms with E-state index in [4.69, 9.17) is 9.72 Å². The molecule has 0 saturated heterocycles. The normalized spacial score (nSPS) is 18.1. The predicted molar refractivity (Wildman–Crippen MR) is 156 cm³/mol. The van der Waals surface area contributed by atoms with Gasteiger partial charge in [0.1, 0.15) is 34.9 Å². The third kappa shape index (κ3) is 4.74. The Balaban J connectivity index is 1.29. The number of imidazole rings is 1. The molecule has 228 valence electrons. The fourth-order valence-electron chi connectivity index (χ4n) is 6.09. The van der Waals surface area contributed by atoms with Crippen LogP contribution < -0.4 is 14.5 Å². The molecule has 7 rings (SSSR count). The van der Waals surface area contributed by atoms with Gasteiger partial charge >= 0.3 is 0 Å². The molecule has 10 nitrogen and oxygen atoms in total. The molecule has 0 bridgehead atoms. The molecule has 0 radical (unpaired) electrons. The van der Waals surface area contributed by atoms with Crippen molar-refractivity contribution in [3.05, 3.63) is 59.2 Å². The maximum absolute atomic E-state index is 16.0. The lowest BCUT2D eigenvalue weighted by atomic mass is 9.91. The second-order valence-electron chi connectivity index (χ2n) is 11.9. The van der Waals surface area contributed by atoms with Gasteiger partial charge < -0.3 is 19.1 Å². The van der Waals surface area contributed by atoms with Crippen LogP contribution in [0, 0.1) is 5.82 Å². The summed E-state index contributed by atoms with van der Waals surface area (Å²) in [7, 11) is 3.21. The first-order valence-electron chi connectivity index (χ1n) is 14.6. The van der Waals surface area contributed by atoms with Gasteiger partial charge in [0.15, 0.2) is 11.6 Å². The number of hydrogen-bond acceptors (Lipinski definition) is 8. The van der Waals surface area contributed by atoms with Gasteiger partial charge in [-0.2, -0.15) is 8.78 Å². The van der Waals surface area contributed by atoms with Crippen LogP contribution in [-0.4, -0.2) is 56.1 Å². The Morgan fingerprint density at radius 2 is 1.89 bits per heavy atom. The van der Waals surface area contributed by atoms with E-state index in [2.05, 4.69) is 19.9 Å². The van der Waals surface area contributed by atoms with Crippen LogP contribution in [0.1, 0.15) is 67.5 Å². The van der Waals surface area contributed by atoms with E-state index in [1.54, 1.807) is 22.7 Å². The molecule has 0 N–H and O–H groups in total. The molecule has 1 aromatic carbocycles. The van der Waals surface area contributed by atoms with Crippen molar-refractivity contribution in [3.8, 4) is 28.7 Å². The molecular weight excluding hydrogens is 573 g/mol. The molecule has 1 unspecified atom stereocenters. The third-order valence-corrected chi connectivity index (χ3v) is 8.67. The molecule has 44 heavy (non-hydrogen) atoms. The first-order valence-corrected chi connectivity index (χ1v) is 14.6. The highest BCUT2D eigenvalue weighted by atomic mass is 19.3. The number of halogens is 3. The van der Waals surface area contributed by atoms with Crippen molar-refractivity contribution in [1.29, 1.82) is 0 Å². The van der Waals surface area contributed by atoms with Gasteiger partial charge in [0.25, 0.3) is 5.92 Å². The number of benzene rings is 1. The van der Waals surface area contributed by atoms with Crippen molar-refractivity contribution in [2.75, 3.05) is 30.5 Å². The standard InChI is InChI=1S/C31H31F3N8O2/c1-16-7-8-41-13-22(31(2,33)34)38-29(41)24-19(16)9-17(10-20(24)32)12-42-14-23(43)40(3)21-11-35-27(39-28(21)42)25-26(18-5-6-18)36-15-37-30(25)44-4/h9-11,13,15-16,18H,5-8,12,14H2,1-4H3. The van der Waals surface area contributed by atoms with Crippen molar-refractivity contribution in [3.63, 3.8) is 0 Å². The molecule has 4 aromatic rings. The van der Waals surface area contributed by atoms with Crippen LogP contribution in [0.4, 0.5) is 24.7 Å².